The van der Waals surface area contributed by atoms with Gasteiger partial charge >= 0.3 is 0 Å². The Labute approximate surface area is 139 Å². The number of nitrogens with two attached hydrogens (primary N) is 1. The lowest BCUT2D eigenvalue weighted by atomic mass is 10.2. The zero-order valence-electron chi connectivity index (χ0n) is 12.5. The molecule has 2 amide bonds. The van der Waals surface area contributed by atoms with Gasteiger partial charge in [0.25, 0.3) is 11.8 Å². The first-order valence-corrected chi connectivity index (χ1v) is 8.11. The van der Waals surface area contributed by atoms with Crippen molar-refractivity contribution in [3.8, 4) is 5.75 Å². The van der Waals surface area contributed by atoms with Crippen molar-refractivity contribution < 1.29 is 14.3 Å². The number of carbonyl (C=O) groups is 2. The molecule has 0 atom stereocenters. The average molecular weight is 330 g/mol. The van der Waals surface area contributed by atoms with Crippen LogP contribution >= 0.6 is 11.8 Å². The number of benzene rings is 2. The molecule has 2 aromatic carbocycles. The second kappa shape index (κ2) is 8.85. The van der Waals surface area contributed by atoms with Crippen LogP contribution in [0, 0.1) is 0 Å². The molecule has 0 aliphatic heterocycles. The number of ether oxygens (including phenoxy) is 1. The van der Waals surface area contributed by atoms with Crippen LogP contribution in [0.5, 0.6) is 5.75 Å². The van der Waals surface area contributed by atoms with E-state index in [1.807, 2.05) is 30.3 Å². The van der Waals surface area contributed by atoms with Crippen molar-refractivity contribution in [1.82, 2.24) is 5.32 Å². The Morgan fingerprint density at radius 1 is 1.04 bits per heavy atom. The van der Waals surface area contributed by atoms with E-state index in [2.05, 4.69) is 5.32 Å². The van der Waals surface area contributed by atoms with Crippen LogP contribution in [0.25, 0.3) is 0 Å². The van der Waals surface area contributed by atoms with Crippen LogP contribution in [0.1, 0.15) is 10.4 Å². The van der Waals surface area contributed by atoms with Crippen LogP contribution in [0.15, 0.2) is 59.5 Å². The van der Waals surface area contributed by atoms with Crippen LogP contribution in [0.2, 0.25) is 0 Å². The summed E-state index contributed by atoms with van der Waals surface area (Å²) in [5.74, 6) is 0.290. The summed E-state index contributed by atoms with van der Waals surface area (Å²) in [6.07, 6.45) is 0. The lowest BCUT2D eigenvalue weighted by Crippen LogP contribution is -2.27. The van der Waals surface area contributed by atoms with Crippen molar-refractivity contribution in [1.29, 1.82) is 0 Å². The average Bonchev–Trinajstić information content (AvgIpc) is 2.58. The maximum Gasteiger partial charge on any atom is 0.255 e. The topological polar surface area (TPSA) is 81.4 Å². The van der Waals surface area contributed by atoms with Crippen LogP contribution < -0.4 is 15.8 Å². The van der Waals surface area contributed by atoms with Gasteiger partial charge in [0.1, 0.15) is 5.75 Å². The minimum Gasteiger partial charge on any atom is -0.483 e. The molecular formula is C17H18N2O3S. The van der Waals surface area contributed by atoms with Crippen molar-refractivity contribution in [3.05, 3.63) is 60.2 Å². The SMILES string of the molecule is NC(=O)COc1ccccc1C(=O)NCCSc1ccccc1. The van der Waals surface area contributed by atoms with Gasteiger partial charge in [-0.25, -0.2) is 0 Å². The molecule has 0 saturated heterocycles. The number of para-hydroxylation sites is 1. The van der Waals surface area contributed by atoms with Crippen molar-refractivity contribution in [2.45, 2.75) is 4.90 Å². The Hall–Kier alpha value is -2.47. The molecule has 2 aromatic rings. The van der Waals surface area contributed by atoms with Gasteiger partial charge in [-0.05, 0) is 24.3 Å². The third-order valence-electron chi connectivity index (χ3n) is 2.90. The van der Waals surface area contributed by atoms with Crippen molar-refractivity contribution >= 4 is 23.6 Å². The lowest BCUT2D eigenvalue weighted by Gasteiger charge is -2.10. The Balaban J connectivity index is 1.84. The molecule has 0 saturated carbocycles. The second-order valence-electron chi connectivity index (χ2n) is 4.67. The lowest BCUT2D eigenvalue weighted by molar-refractivity contribution is -0.119. The Morgan fingerprint density at radius 2 is 1.74 bits per heavy atom. The number of hydrogen-bond donors (Lipinski definition) is 2. The molecule has 0 heterocycles. The minimum atomic E-state index is -0.584. The van der Waals surface area contributed by atoms with Gasteiger partial charge in [-0.15, -0.1) is 11.8 Å². The molecule has 0 aromatic heterocycles. The summed E-state index contributed by atoms with van der Waals surface area (Å²) in [7, 11) is 0. The fraction of sp³-hybridized carbons (Fsp3) is 0.176. The number of carbonyl (C=O) groups excluding carboxylic acids is 2. The molecule has 23 heavy (non-hydrogen) atoms. The highest BCUT2D eigenvalue weighted by Gasteiger charge is 2.12. The largest absolute Gasteiger partial charge is 0.483 e. The van der Waals surface area contributed by atoms with E-state index in [4.69, 9.17) is 10.5 Å². The number of thioether (sulfide) groups is 1. The van der Waals surface area contributed by atoms with Gasteiger partial charge in [-0.1, -0.05) is 30.3 Å². The summed E-state index contributed by atoms with van der Waals surface area (Å²) >= 11 is 1.67. The van der Waals surface area contributed by atoms with E-state index in [-0.39, 0.29) is 12.5 Å². The molecule has 5 nitrogen and oxygen atoms in total. The normalized spacial score (nSPS) is 10.1. The van der Waals surface area contributed by atoms with Gasteiger partial charge < -0.3 is 15.8 Å². The van der Waals surface area contributed by atoms with E-state index in [1.54, 1.807) is 36.0 Å². The first-order chi connectivity index (χ1) is 11.2. The maximum atomic E-state index is 12.2. The van der Waals surface area contributed by atoms with Crippen molar-refractivity contribution in [3.63, 3.8) is 0 Å². The minimum absolute atomic E-state index is 0.237. The molecule has 0 spiro atoms. The molecule has 0 bridgehead atoms. The van der Waals surface area contributed by atoms with E-state index in [0.29, 0.717) is 17.9 Å². The van der Waals surface area contributed by atoms with Crippen LogP contribution in [-0.2, 0) is 4.79 Å². The number of primary amides is 1. The molecule has 120 valence electrons. The third-order valence-corrected chi connectivity index (χ3v) is 3.91. The van der Waals surface area contributed by atoms with Crippen LogP contribution in [0.4, 0.5) is 0 Å². The van der Waals surface area contributed by atoms with Crippen molar-refractivity contribution in [2.24, 2.45) is 5.73 Å². The van der Waals surface area contributed by atoms with Gasteiger partial charge in [-0.2, -0.15) is 0 Å². The molecule has 0 fully saturated rings. The second-order valence-corrected chi connectivity index (χ2v) is 5.84. The number of hydrogen-bond acceptors (Lipinski definition) is 4. The van der Waals surface area contributed by atoms with Gasteiger partial charge in [0.2, 0.25) is 0 Å². The zero-order chi connectivity index (χ0) is 16.5. The fourth-order valence-corrected chi connectivity index (χ4v) is 2.66. The molecule has 0 aliphatic rings. The zero-order valence-corrected chi connectivity index (χ0v) is 13.3. The van der Waals surface area contributed by atoms with Crippen molar-refractivity contribution in [2.75, 3.05) is 18.9 Å². The predicted octanol–water partition coefficient (Wildman–Crippen LogP) is 2.07. The number of rotatable bonds is 8. The Bertz CT molecular complexity index is 662. The first-order valence-electron chi connectivity index (χ1n) is 7.13. The summed E-state index contributed by atoms with van der Waals surface area (Å²) < 4.78 is 5.25. The predicted molar refractivity (Wildman–Crippen MR) is 90.6 cm³/mol. The van der Waals surface area contributed by atoms with Crippen LogP contribution in [0.3, 0.4) is 0 Å². The molecule has 3 N–H and O–H groups in total. The van der Waals surface area contributed by atoms with E-state index >= 15 is 0 Å². The van der Waals surface area contributed by atoms with E-state index in [0.717, 1.165) is 10.6 Å². The Kier molecular flexibility index (Phi) is 6.50. The van der Waals surface area contributed by atoms with Gasteiger partial charge in [0, 0.05) is 17.2 Å². The first kappa shape index (κ1) is 16.9. The maximum absolute atomic E-state index is 12.2. The molecule has 6 heteroatoms. The summed E-state index contributed by atoms with van der Waals surface area (Å²) in [6, 6.07) is 16.7. The van der Waals surface area contributed by atoms with Gasteiger partial charge in [0.15, 0.2) is 6.61 Å². The number of nitrogens with one attached hydrogen (secondary N) is 1. The quantitative estimate of drug-likeness (QED) is 0.573. The smallest absolute Gasteiger partial charge is 0.255 e. The fourth-order valence-electron chi connectivity index (χ4n) is 1.87. The number of amides is 2. The summed E-state index contributed by atoms with van der Waals surface area (Å²) in [5, 5.41) is 2.84. The highest BCUT2D eigenvalue weighted by Crippen LogP contribution is 2.18. The van der Waals surface area contributed by atoms with E-state index < -0.39 is 5.91 Å². The summed E-state index contributed by atoms with van der Waals surface area (Å²) in [6.45, 7) is 0.275. The monoisotopic (exact) mass is 330 g/mol. The Morgan fingerprint density at radius 3 is 2.48 bits per heavy atom. The third kappa shape index (κ3) is 5.67. The van der Waals surface area contributed by atoms with Crippen LogP contribution in [-0.4, -0.2) is 30.7 Å². The molecular weight excluding hydrogens is 312 g/mol. The summed E-state index contributed by atoms with van der Waals surface area (Å²) in [4.78, 5) is 24.2. The molecule has 2 rings (SSSR count). The molecule has 0 aliphatic carbocycles. The molecule has 0 unspecified atom stereocenters. The standard InChI is InChI=1S/C17H18N2O3S/c18-16(20)12-22-15-9-5-4-8-14(15)17(21)19-10-11-23-13-6-2-1-3-7-13/h1-9H,10-12H2,(H2,18,20)(H,19,21). The van der Waals surface area contributed by atoms with Gasteiger partial charge in [-0.3, -0.25) is 9.59 Å². The van der Waals surface area contributed by atoms with E-state index in [1.165, 1.54) is 0 Å². The molecule has 0 radical (unpaired) electrons. The highest BCUT2D eigenvalue weighted by atomic mass is 32.2. The van der Waals surface area contributed by atoms with E-state index in [9.17, 15) is 9.59 Å². The summed E-state index contributed by atoms with van der Waals surface area (Å²) in [5.41, 5.74) is 5.44. The van der Waals surface area contributed by atoms with Gasteiger partial charge in [0.05, 0.1) is 5.56 Å². The highest BCUT2D eigenvalue weighted by molar-refractivity contribution is 7.99.